The van der Waals surface area contributed by atoms with Gasteiger partial charge in [-0.1, -0.05) is 0 Å². The molecule has 2 rings (SSSR count). The first kappa shape index (κ1) is 16.4. The number of aryl methyl sites for hydroxylation is 1. The number of nitrogens with zero attached hydrogens (tertiary/aromatic N) is 3. The van der Waals surface area contributed by atoms with Crippen molar-refractivity contribution in [2.24, 2.45) is 0 Å². The summed E-state index contributed by atoms with van der Waals surface area (Å²) in [6, 6.07) is 1.70. The normalized spacial score (nSPS) is 10.4. The Morgan fingerprint density at radius 3 is 2.82 bits per heavy atom. The third kappa shape index (κ3) is 3.62. The van der Waals surface area contributed by atoms with Crippen LogP contribution in [0.25, 0.3) is 5.69 Å². The van der Waals surface area contributed by atoms with Gasteiger partial charge in [0, 0.05) is 25.4 Å². The Morgan fingerprint density at radius 2 is 2.18 bits per heavy atom. The number of carbonyl (C=O) groups is 2. The lowest BCUT2D eigenvalue weighted by molar-refractivity contribution is -0.114. The number of rotatable bonds is 4. The molecule has 116 valence electrons. The lowest BCUT2D eigenvalue weighted by Crippen LogP contribution is -2.09. The second kappa shape index (κ2) is 6.86. The summed E-state index contributed by atoms with van der Waals surface area (Å²) >= 11 is 1.99. The van der Waals surface area contributed by atoms with Crippen molar-refractivity contribution in [3.8, 4) is 5.69 Å². The van der Waals surface area contributed by atoms with E-state index in [1.807, 2.05) is 29.5 Å². The average Bonchev–Trinajstić information content (AvgIpc) is 2.82. The predicted octanol–water partition coefficient (Wildman–Crippen LogP) is 2.32. The van der Waals surface area contributed by atoms with Crippen LogP contribution >= 0.6 is 22.6 Å². The van der Waals surface area contributed by atoms with E-state index in [1.54, 1.807) is 30.1 Å². The van der Waals surface area contributed by atoms with Crippen molar-refractivity contribution in [1.29, 1.82) is 0 Å². The number of esters is 1. The molecular weight excluding hydrogens is 399 g/mol. The highest BCUT2D eigenvalue weighted by atomic mass is 127. The fourth-order valence-electron chi connectivity index (χ4n) is 1.83. The van der Waals surface area contributed by atoms with Crippen LogP contribution in [0.3, 0.4) is 0 Å². The number of carbonyl (C=O) groups excluding carboxylic acids is 2. The fraction of sp³-hybridized carbons (Fsp3) is 0.286. The topological polar surface area (TPSA) is 86.1 Å². The van der Waals surface area contributed by atoms with Crippen LogP contribution in [0.15, 0.2) is 18.5 Å². The third-order valence-corrected chi connectivity index (χ3v) is 3.59. The summed E-state index contributed by atoms with van der Waals surface area (Å²) in [6.07, 6.45) is 3.25. The van der Waals surface area contributed by atoms with Crippen molar-refractivity contribution < 1.29 is 14.3 Å². The summed E-state index contributed by atoms with van der Waals surface area (Å²) in [7, 11) is 0. The lowest BCUT2D eigenvalue weighted by Gasteiger charge is -2.08. The number of ether oxygens (including phenoxy) is 1. The molecule has 0 aromatic carbocycles. The minimum absolute atomic E-state index is 0.204. The molecule has 2 aromatic heterocycles. The van der Waals surface area contributed by atoms with E-state index in [-0.39, 0.29) is 5.91 Å². The van der Waals surface area contributed by atoms with Gasteiger partial charge in [-0.05, 0) is 42.0 Å². The van der Waals surface area contributed by atoms with Crippen LogP contribution in [0.5, 0.6) is 0 Å². The Balaban J connectivity index is 2.41. The number of amides is 1. The number of aromatic nitrogens is 3. The number of pyridine rings is 1. The summed E-state index contributed by atoms with van der Waals surface area (Å²) in [5, 5.41) is 6.95. The van der Waals surface area contributed by atoms with Gasteiger partial charge in [0.25, 0.3) is 0 Å². The van der Waals surface area contributed by atoms with Crippen molar-refractivity contribution in [3.63, 3.8) is 0 Å². The minimum atomic E-state index is -0.410. The largest absolute Gasteiger partial charge is 0.462 e. The summed E-state index contributed by atoms with van der Waals surface area (Å²) in [6.45, 7) is 5.35. The molecule has 0 fully saturated rings. The van der Waals surface area contributed by atoms with Crippen LogP contribution in [-0.2, 0) is 9.53 Å². The third-order valence-electron chi connectivity index (χ3n) is 2.79. The molecule has 0 aliphatic rings. The van der Waals surface area contributed by atoms with E-state index in [4.69, 9.17) is 4.74 Å². The number of hydrogen-bond acceptors (Lipinski definition) is 5. The molecule has 0 aliphatic carbocycles. The van der Waals surface area contributed by atoms with E-state index in [0.717, 1.165) is 11.3 Å². The first-order valence-corrected chi connectivity index (χ1v) is 7.67. The van der Waals surface area contributed by atoms with Crippen molar-refractivity contribution in [3.05, 3.63) is 33.3 Å². The Bertz CT molecular complexity index is 727. The molecule has 7 nitrogen and oxygen atoms in total. The minimum Gasteiger partial charge on any atom is -0.462 e. The molecule has 2 heterocycles. The van der Waals surface area contributed by atoms with E-state index in [2.05, 4.69) is 15.4 Å². The van der Waals surface area contributed by atoms with Crippen LogP contribution in [0.1, 0.15) is 29.8 Å². The molecule has 0 unspecified atom stereocenters. The van der Waals surface area contributed by atoms with Gasteiger partial charge in [0.15, 0.2) is 0 Å². The van der Waals surface area contributed by atoms with Gasteiger partial charge in [-0.25, -0.2) is 14.5 Å². The molecule has 8 heteroatoms. The standard InChI is InChI=1S/C14H15IN4O3/c1-4-22-14(21)10-7-19(18-13(10)15)11-5-12(17-9(3)20)16-6-8(11)2/h5-7H,4H2,1-3H3,(H,16,17,20). The SMILES string of the molecule is CCOC(=O)c1cn(-c2cc(NC(C)=O)ncc2C)nc1I. The molecule has 0 saturated carbocycles. The summed E-state index contributed by atoms with van der Waals surface area (Å²) in [4.78, 5) is 27.1. The van der Waals surface area contributed by atoms with Crippen molar-refractivity contribution in [2.75, 3.05) is 11.9 Å². The smallest absolute Gasteiger partial charge is 0.342 e. The average molecular weight is 414 g/mol. The van der Waals surface area contributed by atoms with Gasteiger partial charge in [-0.2, -0.15) is 5.10 Å². The van der Waals surface area contributed by atoms with Crippen molar-refractivity contribution in [2.45, 2.75) is 20.8 Å². The zero-order chi connectivity index (χ0) is 16.3. The maximum atomic E-state index is 11.9. The quantitative estimate of drug-likeness (QED) is 0.613. The van der Waals surface area contributed by atoms with Gasteiger partial charge < -0.3 is 10.1 Å². The summed E-state index contributed by atoms with van der Waals surface area (Å²) < 4.78 is 7.13. The summed E-state index contributed by atoms with van der Waals surface area (Å²) in [5.41, 5.74) is 2.00. The first-order chi connectivity index (χ1) is 10.4. The highest BCUT2D eigenvalue weighted by Crippen LogP contribution is 2.20. The number of hydrogen-bond donors (Lipinski definition) is 1. The first-order valence-electron chi connectivity index (χ1n) is 6.59. The van der Waals surface area contributed by atoms with Crippen molar-refractivity contribution in [1.82, 2.24) is 14.8 Å². The Kier molecular flexibility index (Phi) is 5.11. The number of nitrogens with one attached hydrogen (secondary N) is 1. The van der Waals surface area contributed by atoms with Gasteiger partial charge in [0.05, 0.1) is 12.3 Å². The maximum Gasteiger partial charge on any atom is 0.342 e. The molecule has 1 amide bonds. The molecule has 0 radical (unpaired) electrons. The van der Waals surface area contributed by atoms with E-state index in [0.29, 0.717) is 21.7 Å². The predicted molar refractivity (Wildman–Crippen MR) is 89.1 cm³/mol. The molecule has 1 N–H and O–H groups in total. The van der Waals surface area contributed by atoms with Crippen LogP contribution in [0.4, 0.5) is 5.82 Å². The van der Waals surface area contributed by atoms with Crippen LogP contribution < -0.4 is 5.32 Å². The van der Waals surface area contributed by atoms with Crippen LogP contribution in [0.2, 0.25) is 0 Å². The number of halogens is 1. The highest BCUT2D eigenvalue weighted by molar-refractivity contribution is 14.1. The molecule has 2 aromatic rings. The lowest BCUT2D eigenvalue weighted by atomic mass is 10.2. The second-order valence-corrected chi connectivity index (χ2v) is 5.56. The van der Waals surface area contributed by atoms with Crippen LogP contribution in [0, 0.1) is 10.6 Å². The van der Waals surface area contributed by atoms with Gasteiger partial charge >= 0.3 is 5.97 Å². The molecule has 0 aliphatic heterocycles. The second-order valence-electron chi connectivity index (χ2n) is 4.54. The van der Waals surface area contributed by atoms with Gasteiger partial charge in [0.2, 0.25) is 5.91 Å². The molecule has 0 atom stereocenters. The van der Waals surface area contributed by atoms with E-state index in [1.165, 1.54) is 6.92 Å². The van der Waals surface area contributed by atoms with Gasteiger partial charge in [-0.15, -0.1) is 0 Å². The molecular formula is C14H15IN4O3. The van der Waals surface area contributed by atoms with Crippen LogP contribution in [-0.4, -0.2) is 33.2 Å². The van der Waals surface area contributed by atoms with Gasteiger partial charge in [0.1, 0.15) is 15.1 Å². The van der Waals surface area contributed by atoms with Gasteiger partial charge in [-0.3, -0.25) is 4.79 Å². The summed E-state index contributed by atoms with van der Waals surface area (Å²) in [5.74, 6) is -0.187. The Hall–Kier alpha value is -1.97. The fourth-order valence-corrected chi connectivity index (χ4v) is 2.42. The zero-order valence-corrected chi connectivity index (χ0v) is 14.5. The molecule has 0 bridgehead atoms. The molecule has 0 saturated heterocycles. The monoisotopic (exact) mass is 414 g/mol. The number of anilines is 1. The Labute approximate surface area is 141 Å². The molecule has 22 heavy (non-hydrogen) atoms. The van der Waals surface area contributed by atoms with E-state index >= 15 is 0 Å². The molecule has 0 spiro atoms. The van der Waals surface area contributed by atoms with Crippen molar-refractivity contribution >= 4 is 40.3 Å². The highest BCUT2D eigenvalue weighted by Gasteiger charge is 2.17. The maximum absolute atomic E-state index is 11.9. The van der Waals surface area contributed by atoms with E-state index in [9.17, 15) is 9.59 Å². The zero-order valence-electron chi connectivity index (χ0n) is 12.4. The Morgan fingerprint density at radius 1 is 1.45 bits per heavy atom. The van der Waals surface area contributed by atoms with E-state index < -0.39 is 5.97 Å².